The lowest BCUT2D eigenvalue weighted by Gasteiger charge is -2.21. The van der Waals surface area contributed by atoms with Gasteiger partial charge >= 0.3 is 23.1 Å². The standard InChI is InChI=1S/C20H24F3N3O5S2/c1-3-25-16(28)14-11(2)15(18(29)31-13(27)10-12-4-6-24-7-5-12)33-17(14)26(19(25)30)8-9-32-20(21,22)23/h12,24H,3-10H2,1-2H3. The van der Waals surface area contributed by atoms with Gasteiger partial charge in [-0.05, 0) is 63.0 Å². The Hall–Kier alpha value is -2.12. The van der Waals surface area contributed by atoms with Crippen molar-refractivity contribution in [1.29, 1.82) is 0 Å². The van der Waals surface area contributed by atoms with E-state index in [1.807, 2.05) is 0 Å². The van der Waals surface area contributed by atoms with Crippen LogP contribution in [0.15, 0.2) is 9.59 Å². The molecule has 0 atom stereocenters. The van der Waals surface area contributed by atoms with E-state index in [9.17, 15) is 32.3 Å². The molecule has 0 radical (unpaired) electrons. The van der Waals surface area contributed by atoms with E-state index in [1.54, 1.807) is 6.92 Å². The molecule has 1 fully saturated rings. The molecule has 0 saturated carbocycles. The van der Waals surface area contributed by atoms with E-state index in [0.29, 0.717) is 0 Å². The summed E-state index contributed by atoms with van der Waals surface area (Å²) in [7, 11) is 0. The summed E-state index contributed by atoms with van der Waals surface area (Å²) in [5.74, 6) is -1.93. The van der Waals surface area contributed by atoms with Crippen LogP contribution in [-0.2, 0) is 22.6 Å². The van der Waals surface area contributed by atoms with Crippen molar-refractivity contribution in [3.05, 3.63) is 31.3 Å². The number of hydrogen-bond donors (Lipinski definition) is 1. The maximum atomic E-state index is 12.9. The van der Waals surface area contributed by atoms with E-state index in [2.05, 4.69) is 5.32 Å². The summed E-state index contributed by atoms with van der Waals surface area (Å²) in [5.41, 5.74) is -5.61. The Morgan fingerprint density at radius 3 is 2.48 bits per heavy atom. The number of ether oxygens (including phenoxy) is 1. The van der Waals surface area contributed by atoms with Gasteiger partial charge in [0, 0.05) is 25.3 Å². The molecule has 3 rings (SSSR count). The molecule has 1 aliphatic rings. The minimum atomic E-state index is -4.46. The third-order valence-electron chi connectivity index (χ3n) is 5.50. The molecule has 0 spiro atoms. The fraction of sp³-hybridized carbons (Fsp3) is 0.600. The van der Waals surface area contributed by atoms with Crippen LogP contribution < -0.4 is 16.6 Å². The average Bonchev–Trinajstić information content (AvgIpc) is 3.08. The van der Waals surface area contributed by atoms with Crippen LogP contribution in [0.5, 0.6) is 0 Å². The maximum Gasteiger partial charge on any atom is 0.441 e. The highest BCUT2D eigenvalue weighted by atomic mass is 32.2. The Kier molecular flexibility index (Phi) is 8.06. The van der Waals surface area contributed by atoms with Crippen molar-refractivity contribution in [2.45, 2.75) is 51.7 Å². The summed E-state index contributed by atoms with van der Waals surface area (Å²) >= 11 is 0.497. The highest BCUT2D eigenvalue weighted by molar-refractivity contribution is 8.00. The number of hydrogen-bond acceptors (Lipinski definition) is 8. The molecule has 1 saturated heterocycles. The molecule has 0 aliphatic carbocycles. The first-order valence-electron chi connectivity index (χ1n) is 10.5. The lowest BCUT2D eigenvalue weighted by molar-refractivity contribution is -0.139. The van der Waals surface area contributed by atoms with Gasteiger partial charge < -0.3 is 10.1 Å². The summed E-state index contributed by atoms with van der Waals surface area (Å²) in [6.07, 6.45) is 1.69. The monoisotopic (exact) mass is 507 g/mol. The number of fused-ring (bicyclic) bond motifs is 1. The van der Waals surface area contributed by atoms with Gasteiger partial charge in [0.25, 0.3) is 5.56 Å². The van der Waals surface area contributed by atoms with Crippen LogP contribution in [0, 0.1) is 12.8 Å². The lowest BCUT2D eigenvalue weighted by atomic mass is 9.95. The summed E-state index contributed by atoms with van der Waals surface area (Å²) in [4.78, 5) is 50.6. The van der Waals surface area contributed by atoms with Gasteiger partial charge in [0.15, 0.2) is 0 Å². The Labute approximate surface area is 195 Å². The van der Waals surface area contributed by atoms with E-state index in [-0.39, 0.29) is 57.8 Å². The number of aryl methyl sites for hydroxylation is 2. The average molecular weight is 508 g/mol. The topological polar surface area (TPSA) is 99.4 Å². The van der Waals surface area contributed by atoms with Crippen molar-refractivity contribution < 1.29 is 27.5 Å². The van der Waals surface area contributed by atoms with E-state index < -0.39 is 34.4 Å². The van der Waals surface area contributed by atoms with Gasteiger partial charge in [-0.2, -0.15) is 13.2 Å². The quantitative estimate of drug-likeness (QED) is 0.455. The number of alkyl halides is 3. The van der Waals surface area contributed by atoms with Crippen LogP contribution in [0.2, 0.25) is 0 Å². The maximum absolute atomic E-state index is 12.9. The molecule has 2 aromatic rings. The van der Waals surface area contributed by atoms with Crippen LogP contribution in [0.25, 0.3) is 10.2 Å². The fourth-order valence-electron chi connectivity index (χ4n) is 3.83. The largest absolute Gasteiger partial charge is 0.441 e. The third-order valence-corrected chi connectivity index (χ3v) is 7.51. The van der Waals surface area contributed by atoms with Crippen molar-refractivity contribution in [2.75, 3.05) is 18.8 Å². The van der Waals surface area contributed by atoms with Crippen molar-refractivity contribution in [2.24, 2.45) is 5.92 Å². The molecule has 0 bridgehead atoms. The minimum absolute atomic E-state index is 0.0177. The van der Waals surface area contributed by atoms with E-state index >= 15 is 0 Å². The molecule has 3 heterocycles. The van der Waals surface area contributed by atoms with Crippen LogP contribution >= 0.6 is 23.1 Å². The number of thiophene rings is 1. The van der Waals surface area contributed by atoms with Crippen LogP contribution in [0.4, 0.5) is 13.2 Å². The Bertz CT molecular complexity index is 1160. The highest BCUT2D eigenvalue weighted by Crippen LogP contribution is 2.32. The summed E-state index contributed by atoms with van der Waals surface area (Å²) in [6, 6.07) is 0. The van der Waals surface area contributed by atoms with E-state index in [4.69, 9.17) is 4.74 Å². The second kappa shape index (κ2) is 10.4. The molecular weight excluding hydrogens is 483 g/mol. The molecular formula is C20H24F3N3O5S2. The molecule has 2 aromatic heterocycles. The van der Waals surface area contributed by atoms with Crippen molar-refractivity contribution in [1.82, 2.24) is 14.5 Å². The second-order valence-corrected chi connectivity index (χ2v) is 9.83. The predicted octanol–water partition coefficient (Wildman–Crippen LogP) is 2.88. The zero-order valence-electron chi connectivity index (χ0n) is 18.1. The predicted molar refractivity (Wildman–Crippen MR) is 120 cm³/mol. The summed E-state index contributed by atoms with van der Waals surface area (Å²) in [6.45, 7) is 4.35. The molecule has 182 valence electrons. The normalized spacial score (nSPS) is 15.2. The van der Waals surface area contributed by atoms with E-state index in [1.165, 1.54) is 6.92 Å². The summed E-state index contributed by atoms with van der Waals surface area (Å²) < 4.78 is 44.7. The number of nitrogens with zero attached hydrogens (tertiary/aromatic N) is 2. The number of piperidine rings is 1. The Balaban J connectivity index is 1.92. The number of rotatable bonds is 7. The highest BCUT2D eigenvalue weighted by Gasteiger charge is 2.29. The lowest BCUT2D eigenvalue weighted by Crippen LogP contribution is -2.39. The molecule has 0 aromatic carbocycles. The van der Waals surface area contributed by atoms with Crippen molar-refractivity contribution in [3.63, 3.8) is 0 Å². The zero-order chi connectivity index (χ0) is 24.3. The van der Waals surface area contributed by atoms with Gasteiger partial charge in [-0.3, -0.25) is 18.7 Å². The molecule has 8 nitrogen and oxygen atoms in total. The van der Waals surface area contributed by atoms with Gasteiger partial charge in [0.2, 0.25) is 0 Å². The first-order chi connectivity index (χ1) is 15.5. The first kappa shape index (κ1) is 25.5. The number of nitrogens with one attached hydrogen (secondary N) is 1. The first-order valence-corrected chi connectivity index (χ1v) is 12.3. The van der Waals surface area contributed by atoms with Crippen LogP contribution in [0.3, 0.4) is 0 Å². The van der Waals surface area contributed by atoms with Gasteiger partial charge in [-0.15, -0.1) is 11.3 Å². The second-order valence-electron chi connectivity index (χ2n) is 7.67. The number of aromatic nitrogens is 2. The van der Waals surface area contributed by atoms with Gasteiger partial charge in [-0.1, -0.05) is 0 Å². The fourth-order valence-corrected chi connectivity index (χ4v) is 5.53. The van der Waals surface area contributed by atoms with Crippen molar-refractivity contribution >= 4 is 45.3 Å². The van der Waals surface area contributed by atoms with Gasteiger partial charge in [0.05, 0.1) is 5.39 Å². The minimum Gasteiger partial charge on any atom is -0.389 e. The molecule has 0 unspecified atom stereocenters. The smallest absolute Gasteiger partial charge is 0.389 e. The third kappa shape index (κ3) is 5.87. The molecule has 1 aliphatic heterocycles. The molecule has 13 heteroatoms. The molecule has 0 amide bonds. The number of thioether (sulfide) groups is 1. The van der Waals surface area contributed by atoms with Crippen molar-refractivity contribution in [3.8, 4) is 0 Å². The summed E-state index contributed by atoms with van der Waals surface area (Å²) in [5, 5.41) is 3.25. The van der Waals surface area contributed by atoms with Crippen LogP contribution in [0.1, 0.15) is 41.4 Å². The molecule has 33 heavy (non-hydrogen) atoms. The zero-order valence-corrected chi connectivity index (χ0v) is 19.8. The van der Waals surface area contributed by atoms with Crippen LogP contribution in [-0.4, -0.2) is 45.4 Å². The Morgan fingerprint density at radius 2 is 1.88 bits per heavy atom. The van der Waals surface area contributed by atoms with Gasteiger partial charge in [-0.25, -0.2) is 9.59 Å². The number of carbonyl (C=O) groups is 2. The number of halogens is 3. The Morgan fingerprint density at radius 1 is 1.21 bits per heavy atom. The molecule has 1 N–H and O–H groups in total. The number of carbonyl (C=O) groups excluding carboxylic acids is 2. The van der Waals surface area contributed by atoms with Gasteiger partial charge in [0.1, 0.15) is 9.71 Å². The SMILES string of the molecule is CCn1c(=O)c2c(C)c(C(=O)OC(=O)CC3CCNCC3)sc2n(CCSC(F)(F)F)c1=O. The van der Waals surface area contributed by atoms with E-state index in [0.717, 1.165) is 46.4 Å². The number of esters is 2.